The second kappa shape index (κ2) is 9.61. The molecule has 1 heterocycles. The van der Waals surface area contributed by atoms with Gasteiger partial charge in [0.05, 0.1) is 17.0 Å². The lowest BCUT2D eigenvalue weighted by molar-refractivity contribution is -0.113. The zero-order chi connectivity index (χ0) is 21.6. The Kier molecular flexibility index (Phi) is 6.47. The maximum Gasteiger partial charge on any atom is 0.253 e. The number of anilines is 1. The fourth-order valence-corrected chi connectivity index (χ4v) is 3.84. The third-order valence-corrected chi connectivity index (χ3v) is 5.72. The van der Waals surface area contributed by atoms with Gasteiger partial charge in [0.15, 0.2) is 11.0 Å². The molecular formula is C23H23N5O2S. The Morgan fingerprint density at radius 2 is 1.84 bits per heavy atom. The van der Waals surface area contributed by atoms with E-state index in [4.69, 9.17) is 0 Å². The molecule has 1 fully saturated rings. The largest absolute Gasteiger partial charge is 0.349 e. The summed E-state index contributed by atoms with van der Waals surface area (Å²) in [4.78, 5) is 25.0. The van der Waals surface area contributed by atoms with Gasteiger partial charge in [-0.15, -0.1) is 16.8 Å². The van der Waals surface area contributed by atoms with Gasteiger partial charge in [0.1, 0.15) is 0 Å². The SMILES string of the molecule is C=CCn1c(SCC(=O)Nc2ccccc2C(=O)NC2CC2)nnc1-c1ccccc1. The zero-order valence-corrected chi connectivity index (χ0v) is 17.8. The van der Waals surface area contributed by atoms with Gasteiger partial charge in [-0.2, -0.15) is 0 Å². The maximum atomic E-state index is 12.6. The summed E-state index contributed by atoms with van der Waals surface area (Å²) < 4.78 is 1.93. The van der Waals surface area contributed by atoms with E-state index in [0.29, 0.717) is 23.0 Å². The van der Waals surface area contributed by atoms with E-state index < -0.39 is 0 Å². The predicted octanol–water partition coefficient (Wildman–Crippen LogP) is 3.75. The van der Waals surface area contributed by atoms with Crippen LogP contribution in [0.1, 0.15) is 23.2 Å². The molecule has 2 aromatic carbocycles. The third kappa shape index (κ3) is 5.21. The van der Waals surface area contributed by atoms with Crippen LogP contribution >= 0.6 is 11.8 Å². The van der Waals surface area contributed by atoms with Crippen LogP contribution in [0.3, 0.4) is 0 Å². The highest BCUT2D eigenvalue weighted by Gasteiger charge is 2.25. The van der Waals surface area contributed by atoms with Crippen LogP contribution in [-0.2, 0) is 11.3 Å². The first-order valence-electron chi connectivity index (χ1n) is 10.1. The van der Waals surface area contributed by atoms with Crippen LogP contribution in [0.15, 0.2) is 72.4 Å². The van der Waals surface area contributed by atoms with E-state index in [1.54, 1.807) is 30.3 Å². The molecule has 0 aliphatic heterocycles. The number of nitrogens with one attached hydrogen (secondary N) is 2. The van der Waals surface area contributed by atoms with Crippen molar-refractivity contribution in [1.82, 2.24) is 20.1 Å². The predicted molar refractivity (Wildman–Crippen MR) is 122 cm³/mol. The van der Waals surface area contributed by atoms with Gasteiger partial charge in [0.25, 0.3) is 5.91 Å². The molecule has 0 unspecified atom stereocenters. The standard InChI is InChI=1S/C23H23N5O2S/c1-2-14-28-21(16-8-4-3-5-9-16)26-27-23(28)31-15-20(29)25-19-11-7-6-10-18(19)22(30)24-17-12-13-17/h2-11,17H,1,12-15H2,(H,24,30)(H,25,29). The fourth-order valence-electron chi connectivity index (χ4n) is 3.09. The zero-order valence-electron chi connectivity index (χ0n) is 17.0. The van der Waals surface area contributed by atoms with Gasteiger partial charge in [-0.1, -0.05) is 60.3 Å². The van der Waals surface area contributed by atoms with Crippen molar-refractivity contribution in [2.45, 2.75) is 30.6 Å². The van der Waals surface area contributed by atoms with Crippen LogP contribution in [0.4, 0.5) is 5.69 Å². The van der Waals surface area contributed by atoms with Crippen molar-refractivity contribution in [3.63, 3.8) is 0 Å². The van der Waals surface area contributed by atoms with Crippen molar-refractivity contribution in [3.8, 4) is 11.4 Å². The Hall–Kier alpha value is -3.39. The van der Waals surface area contributed by atoms with E-state index in [0.717, 1.165) is 24.2 Å². The molecule has 0 spiro atoms. The number of aromatic nitrogens is 3. The Morgan fingerprint density at radius 1 is 1.10 bits per heavy atom. The second-order valence-electron chi connectivity index (χ2n) is 7.20. The first kappa shape index (κ1) is 20.9. The Labute approximate surface area is 185 Å². The normalized spacial score (nSPS) is 12.9. The van der Waals surface area contributed by atoms with Crippen molar-refractivity contribution >= 4 is 29.3 Å². The van der Waals surface area contributed by atoms with E-state index in [1.165, 1.54) is 11.8 Å². The smallest absolute Gasteiger partial charge is 0.253 e. The van der Waals surface area contributed by atoms with Gasteiger partial charge >= 0.3 is 0 Å². The molecule has 0 bridgehead atoms. The molecule has 0 radical (unpaired) electrons. The number of thioether (sulfide) groups is 1. The lowest BCUT2D eigenvalue weighted by Crippen LogP contribution is -2.27. The highest BCUT2D eigenvalue weighted by atomic mass is 32.2. The van der Waals surface area contributed by atoms with Crippen LogP contribution < -0.4 is 10.6 Å². The highest BCUT2D eigenvalue weighted by molar-refractivity contribution is 7.99. The lowest BCUT2D eigenvalue weighted by atomic mass is 10.1. The van der Waals surface area contributed by atoms with Crippen LogP contribution in [0.2, 0.25) is 0 Å². The molecule has 158 valence electrons. The molecule has 0 atom stereocenters. The van der Waals surface area contributed by atoms with E-state index in [1.807, 2.05) is 34.9 Å². The first-order chi connectivity index (χ1) is 15.2. The molecule has 3 aromatic rings. The van der Waals surface area contributed by atoms with E-state index >= 15 is 0 Å². The Bertz CT molecular complexity index is 1090. The van der Waals surface area contributed by atoms with Crippen molar-refractivity contribution in [1.29, 1.82) is 0 Å². The van der Waals surface area contributed by atoms with Gasteiger partial charge < -0.3 is 10.6 Å². The molecule has 2 N–H and O–H groups in total. The van der Waals surface area contributed by atoms with Crippen LogP contribution in [0.5, 0.6) is 0 Å². The summed E-state index contributed by atoms with van der Waals surface area (Å²) in [5, 5.41) is 15.0. The van der Waals surface area contributed by atoms with Crippen LogP contribution in [0.25, 0.3) is 11.4 Å². The van der Waals surface area contributed by atoms with Gasteiger partial charge in [0.2, 0.25) is 5.91 Å². The van der Waals surface area contributed by atoms with E-state index in [9.17, 15) is 9.59 Å². The second-order valence-corrected chi connectivity index (χ2v) is 8.14. The minimum atomic E-state index is -0.217. The average molecular weight is 434 g/mol. The Morgan fingerprint density at radius 3 is 2.58 bits per heavy atom. The molecule has 31 heavy (non-hydrogen) atoms. The number of hydrogen-bond donors (Lipinski definition) is 2. The minimum Gasteiger partial charge on any atom is -0.349 e. The van der Waals surface area contributed by atoms with Crippen molar-refractivity contribution in [3.05, 3.63) is 72.8 Å². The molecular weight excluding hydrogens is 410 g/mol. The molecule has 2 amide bonds. The average Bonchev–Trinajstić information content (AvgIpc) is 3.51. The number of nitrogens with zero attached hydrogens (tertiary/aromatic N) is 3. The number of allylic oxidation sites excluding steroid dienone is 1. The summed E-state index contributed by atoms with van der Waals surface area (Å²) in [6.45, 7) is 4.34. The van der Waals surface area contributed by atoms with Crippen LogP contribution in [0, 0.1) is 0 Å². The molecule has 1 saturated carbocycles. The summed E-state index contributed by atoms with van der Waals surface area (Å²) >= 11 is 1.29. The molecule has 8 heteroatoms. The number of para-hydroxylation sites is 1. The number of rotatable bonds is 9. The molecule has 1 aliphatic rings. The topological polar surface area (TPSA) is 88.9 Å². The number of benzene rings is 2. The fraction of sp³-hybridized carbons (Fsp3) is 0.217. The van der Waals surface area contributed by atoms with Gasteiger partial charge in [-0.3, -0.25) is 14.2 Å². The number of carbonyl (C=O) groups is 2. The molecule has 1 aliphatic carbocycles. The van der Waals surface area contributed by atoms with Gasteiger partial charge in [0, 0.05) is 18.2 Å². The lowest BCUT2D eigenvalue weighted by Gasteiger charge is -2.11. The van der Waals surface area contributed by atoms with Gasteiger partial charge in [-0.25, -0.2) is 0 Å². The van der Waals surface area contributed by atoms with Crippen molar-refractivity contribution in [2.75, 3.05) is 11.1 Å². The quantitative estimate of drug-likeness (QED) is 0.396. The monoisotopic (exact) mass is 433 g/mol. The summed E-state index contributed by atoms with van der Waals surface area (Å²) in [5.74, 6) is 0.490. The maximum absolute atomic E-state index is 12.6. The first-order valence-corrected chi connectivity index (χ1v) is 11.1. The third-order valence-electron chi connectivity index (χ3n) is 4.75. The van der Waals surface area contributed by atoms with E-state index in [-0.39, 0.29) is 23.6 Å². The number of carbonyl (C=O) groups excluding carboxylic acids is 2. The number of hydrogen-bond acceptors (Lipinski definition) is 5. The van der Waals surface area contributed by atoms with Crippen molar-refractivity contribution in [2.24, 2.45) is 0 Å². The summed E-state index contributed by atoms with van der Waals surface area (Å²) in [6.07, 6.45) is 3.79. The van der Waals surface area contributed by atoms with Gasteiger partial charge in [-0.05, 0) is 25.0 Å². The van der Waals surface area contributed by atoms with E-state index in [2.05, 4.69) is 27.4 Å². The number of amides is 2. The van der Waals surface area contributed by atoms with Crippen LogP contribution in [-0.4, -0.2) is 38.4 Å². The minimum absolute atomic E-state index is 0.142. The summed E-state index contributed by atoms with van der Waals surface area (Å²) in [5.41, 5.74) is 1.92. The molecule has 1 aromatic heterocycles. The molecule has 7 nitrogen and oxygen atoms in total. The summed E-state index contributed by atoms with van der Waals surface area (Å²) in [6, 6.07) is 17.0. The molecule has 4 rings (SSSR count). The Balaban J connectivity index is 1.43. The highest BCUT2D eigenvalue weighted by Crippen LogP contribution is 2.25. The summed E-state index contributed by atoms with van der Waals surface area (Å²) in [7, 11) is 0. The van der Waals surface area contributed by atoms with Crippen molar-refractivity contribution < 1.29 is 9.59 Å². The molecule has 0 saturated heterocycles.